The lowest BCUT2D eigenvalue weighted by Crippen LogP contribution is -2.30. The standard InChI is InChI=1S/C15H22F2O2S/c1-11(2)15(16,17)19-9-12(3)10-20-14-8-6-5-7-13(14)18-4/h5-8,11-12H,9-10H2,1-4H3. The Balaban J connectivity index is 2.42. The highest BCUT2D eigenvalue weighted by Crippen LogP contribution is 2.31. The molecule has 0 aliphatic heterocycles. The molecule has 0 aliphatic rings. The molecule has 1 atom stereocenters. The second-order valence-corrected chi connectivity index (χ2v) is 6.16. The first kappa shape index (κ1) is 17.2. The topological polar surface area (TPSA) is 18.5 Å². The largest absolute Gasteiger partial charge is 0.496 e. The summed E-state index contributed by atoms with van der Waals surface area (Å²) in [5.41, 5.74) is 0. The minimum absolute atomic E-state index is 0.0366. The highest BCUT2D eigenvalue weighted by atomic mass is 32.2. The Bertz CT molecular complexity index is 411. The molecular weight excluding hydrogens is 282 g/mol. The lowest BCUT2D eigenvalue weighted by molar-refractivity contribution is -0.268. The van der Waals surface area contributed by atoms with Gasteiger partial charge in [-0.1, -0.05) is 32.9 Å². The summed E-state index contributed by atoms with van der Waals surface area (Å²) < 4.78 is 36.7. The number of hydrogen-bond donors (Lipinski definition) is 0. The maximum Gasteiger partial charge on any atom is 0.357 e. The summed E-state index contributed by atoms with van der Waals surface area (Å²) in [5, 5.41) is 0. The van der Waals surface area contributed by atoms with Crippen molar-refractivity contribution in [1.82, 2.24) is 0 Å². The first-order valence-electron chi connectivity index (χ1n) is 6.64. The van der Waals surface area contributed by atoms with Gasteiger partial charge in [-0.25, -0.2) is 0 Å². The highest BCUT2D eigenvalue weighted by molar-refractivity contribution is 7.99. The van der Waals surface area contributed by atoms with Crippen LogP contribution in [0.1, 0.15) is 20.8 Å². The maximum absolute atomic E-state index is 13.3. The molecule has 0 spiro atoms. The van der Waals surface area contributed by atoms with Crippen LogP contribution in [0.25, 0.3) is 0 Å². The van der Waals surface area contributed by atoms with Gasteiger partial charge < -0.3 is 9.47 Å². The highest BCUT2D eigenvalue weighted by Gasteiger charge is 2.34. The molecule has 114 valence electrons. The van der Waals surface area contributed by atoms with Crippen LogP contribution < -0.4 is 4.74 Å². The van der Waals surface area contributed by atoms with Gasteiger partial charge in [0, 0.05) is 16.6 Å². The summed E-state index contributed by atoms with van der Waals surface area (Å²) in [6, 6.07) is 7.67. The third kappa shape index (κ3) is 5.29. The molecule has 20 heavy (non-hydrogen) atoms. The first-order chi connectivity index (χ1) is 9.36. The van der Waals surface area contributed by atoms with E-state index >= 15 is 0 Å². The smallest absolute Gasteiger partial charge is 0.357 e. The predicted molar refractivity (Wildman–Crippen MR) is 78.6 cm³/mol. The molecule has 0 saturated heterocycles. The Kier molecular flexibility index (Phi) is 6.76. The number of methoxy groups -OCH3 is 1. The number of hydrogen-bond acceptors (Lipinski definition) is 3. The molecule has 1 aromatic carbocycles. The van der Waals surface area contributed by atoms with E-state index in [9.17, 15) is 8.78 Å². The zero-order chi connectivity index (χ0) is 15.2. The van der Waals surface area contributed by atoms with Gasteiger partial charge in [-0.05, 0) is 18.1 Å². The SMILES string of the molecule is COc1ccccc1SCC(C)COC(F)(F)C(C)C. The molecule has 2 nitrogen and oxygen atoms in total. The van der Waals surface area contributed by atoms with E-state index in [1.807, 2.05) is 31.2 Å². The van der Waals surface area contributed by atoms with Gasteiger partial charge in [-0.15, -0.1) is 11.8 Å². The summed E-state index contributed by atoms with van der Waals surface area (Å²) in [4.78, 5) is 1.01. The van der Waals surface area contributed by atoms with E-state index in [1.165, 1.54) is 13.8 Å². The van der Waals surface area contributed by atoms with Crippen molar-refractivity contribution in [2.75, 3.05) is 19.5 Å². The van der Waals surface area contributed by atoms with Crippen molar-refractivity contribution in [3.05, 3.63) is 24.3 Å². The number of ether oxygens (including phenoxy) is 2. The molecular formula is C15H22F2O2S. The van der Waals surface area contributed by atoms with Crippen LogP contribution in [-0.2, 0) is 4.74 Å². The number of alkyl halides is 2. The van der Waals surface area contributed by atoms with E-state index < -0.39 is 12.0 Å². The minimum Gasteiger partial charge on any atom is -0.496 e. The molecule has 0 saturated carbocycles. The Morgan fingerprint density at radius 1 is 1.20 bits per heavy atom. The summed E-state index contributed by atoms with van der Waals surface area (Å²) in [5.74, 6) is 0.735. The number of thioether (sulfide) groups is 1. The Hall–Kier alpha value is -0.810. The summed E-state index contributed by atoms with van der Waals surface area (Å²) in [6.45, 7) is 4.86. The van der Waals surface area contributed by atoms with Crippen molar-refractivity contribution in [2.45, 2.75) is 31.8 Å². The van der Waals surface area contributed by atoms with Gasteiger partial charge >= 0.3 is 6.11 Å². The molecule has 0 N–H and O–H groups in total. The summed E-state index contributed by atoms with van der Waals surface area (Å²) in [6.07, 6.45) is -3.05. The zero-order valence-electron chi connectivity index (χ0n) is 12.4. The molecule has 0 radical (unpaired) electrons. The van der Waals surface area contributed by atoms with Crippen molar-refractivity contribution >= 4 is 11.8 Å². The van der Waals surface area contributed by atoms with Crippen molar-refractivity contribution in [1.29, 1.82) is 0 Å². The van der Waals surface area contributed by atoms with Crippen LogP contribution in [0.5, 0.6) is 5.75 Å². The van der Waals surface area contributed by atoms with Crippen LogP contribution in [0.4, 0.5) is 8.78 Å². The van der Waals surface area contributed by atoms with Gasteiger partial charge in [-0.2, -0.15) is 8.78 Å². The molecule has 0 heterocycles. The minimum atomic E-state index is -3.05. The van der Waals surface area contributed by atoms with Crippen LogP contribution in [0, 0.1) is 11.8 Å². The number of halogens is 2. The van der Waals surface area contributed by atoms with E-state index in [1.54, 1.807) is 18.9 Å². The number of para-hydroxylation sites is 1. The number of benzene rings is 1. The van der Waals surface area contributed by atoms with E-state index in [-0.39, 0.29) is 12.5 Å². The van der Waals surface area contributed by atoms with Crippen LogP contribution in [0.15, 0.2) is 29.2 Å². The van der Waals surface area contributed by atoms with Crippen molar-refractivity contribution in [2.24, 2.45) is 11.8 Å². The van der Waals surface area contributed by atoms with Gasteiger partial charge in [-0.3, -0.25) is 0 Å². The molecule has 1 rings (SSSR count). The molecule has 0 bridgehead atoms. The van der Waals surface area contributed by atoms with Crippen LogP contribution in [0.2, 0.25) is 0 Å². The fraction of sp³-hybridized carbons (Fsp3) is 0.600. The predicted octanol–water partition coefficient (Wildman–Crippen LogP) is 4.69. The third-order valence-electron chi connectivity index (χ3n) is 2.82. The molecule has 1 unspecified atom stereocenters. The van der Waals surface area contributed by atoms with E-state index in [4.69, 9.17) is 9.47 Å². The van der Waals surface area contributed by atoms with Gasteiger partial charge in [0.1, 0.15) is 5.75 Å². The second kappa shape index (κ2) is 7.84. The van der Waals surface area contributed by atoms with Gasteiger partial charge in [0.15, 0.2) is 0 Å². The normalized spacial score (nSPS) is 13.6. The van der Waals surface area contributed by atoms with Crippen molar-refractivity contribution in [3.8, 4) is 5.75 Å². The van der Waals surface area contributed by atoms with Crippen LogP contribution in [-0.4, -0.2) is 25.6 Å². The molecule has 1 aromatic rings. The lowest BCUT2D eigenvalue weighted by atomic mass is 10.2. The Morgan fingerprint density at radius 2 is 1.85 bits per heavy atom. The molecule has 0 aliphatic carbocycles. The van der Waals surface area contributed by atoms with Gasteiger partial charge in [0.2, 0.25) is 0 Å². The van der Waals surface area contributed by atoms with E-state index in [2.05, 4.69) is 0 Å². The van der Waals surface area contributed by atoms with Crippen molar-refractivity contribution in [3.63, 3.8) is 0 Å². The molecule has 0 fully saturated rings. The Morgan fingerprint density at radius 3 is 2.45 bits per heavy atom. The Labute approximate surface area is 123 Å². The first-order valence-corrected chi connectivity index (χ1v) is 7.63. The van der Waals surface area contributed by atoms with Gasteiger partial charge in [0.05, 0.1) is 13.7 Å². The average Bonchev–Trinajstić information content (AvgIpc) is 2.43. The van der Waals surface area contributed by atoms with Crippen LogP contribution in [0.3, 0.4) is 0 Å². The quantitative estimate of drug-likeness (QED) is 0.649. The summed E-state index contributed by atoms with van der Waals surface area (Å²) >= 11 is 1.59. The van der Waals surface area contributed by atoms with E-state index in [0.29, 0.717) is 5.75 Å². The maximum atomic E-state index is 13.3. The fourth-order valence-corrected chi connectivity index (χ4v) is 2.47. The van der Waals surface area contributed by atoms with Crippen molar-refractivity contribution < 1.29 is 18.3 Å². The molecule has 0 amide bonds. The molecule has 5 heteroatoms. The lowest BCUT2D eigenvalue weighted by Gasteiger charge is -2.22. The van der Waals surface area contributed by atoms with E-state index in [0.717, 1.165) is 10.6 Å². The monoisotopic (exact) mass is 304 g/mol. The molecule has 0 aromatic heterocycles. The summed E-state index contributed by atoms with van der Waals surface area (Å²) in [7, 11) is 1.62. The average molecular weight is 304 g/mol. The number of rotatable bonds is 8. The second-order valence-electron chi connectivity index (χ2n) is 5.09. The van der Waals surface area contributed by atoms with Crippen LogP contribution >= 0.6 is 11.8 Å². The van der Waals surface area contributed by atoms with Gasteiger partial charge in [0.25, 0.3) is 0 Å². The fourth-order valence-electron chi connectivity index (χ4n) is 1.44. The third-order valence-corrected chi connectivity index (χ3v) is 4.21. The zero-order valence-corrected chi connectivity index (χ0v) is 13.2.